The third-order valence-corrected chi connectivity index (χ3v) is 4.12. The molecule has 17 heavy (non-hydrogen) atoms. The van der Waals surface area contributed by atoms with Gasteiger partial charge in [0.05, 0.1) is 19.6 Å². The van der Waals surface area contributed by atoms with E-state index in [1.54, 1.807) is 0 Å². The number of nitrogens with zero attached hydrogens (tertiary/aromatic N) is 1. The first kappa shape index (κ1) is 16.5. The van der Waals surface area contributed by atoms with E-state index in [1.165, 1.54) is 36.1 Å². The summed E-state index contributed by atoms with van der Waals surface area (Å²) in [6, 6.07) is 11.6. The van der Waals surface area contributed by atoms with Gasteiger partial charge in [0.25, 0.3) is 0 Å². The Morgan fingerprint density at radius 3 is 1.71 bits per heavy atom. The van der Waals surface area contributed by atoms with Gasteiger partial charge >= 0.3 is 0 Å². The molecule has 0 aromatic heterocycles. The van der Waals surface area contributed by atoms with Crippen molar-refractivity contribution in [1.29, 1.82) is 0 Å². The van der Waals surface area contributed by atoms with Crippen molar-refractivity contribution in [1.82, 2.24) is 0 Å². The molecule has 0 saturated carbocycles. The molecule has 1 rings (SSSR count). The molecule has 2 heteroatoms. The average molecular weight is 256 g/mol. The molecule has 0 heterocycles. The van der Waals surface area contributed by atoms with Crippen molar-refractivity contribution in [3.63, 3.8) is 0 Å². The zero-order valence-corrected chi connectivity index (χ0v) is 12.4. The van der Waals surface area contributed by atoms with E-state index in [4.69, 9.17) is 0 Å². The van der Waals surface area contributed by atoms with E-state index in [1.807, 2.05) is 0 Å². The van der Waals surface area contributed by atoms with Crippen molar-refractivity contribution >= 4 is 0 Å². The number of halogens is 1. The van der Waals surface area contributed by atoms with Crippen LogP contribution in [-0.2, 0) is 0 Å². The van der Waals surface area contributed by atoms with Crippen LogP contribution in [0.1, 0.15) is 45.7 Å². The van der Waals surface area contributed by atoms with Gasteiger partial charge < -0.3 is 16.9 Å². The van der Waals surface area contributed by atoms with Crippen molar-refractivity contribution in [2.24, 2.45) is 0 Å². The minimum Gasteiger partial charge on any atom is -1.00 e. The van der Waals surface area contributed by atoms with Gasteiger partial charge in [-0.25, -0.2) is 0 Å². The predicted molar refractivity (Wildman–Crippen MR) is 71.4 cm³/mol. The standard InChI is InChI=1S/C15H26N.ClH/c1-5-15(14-12-10-9-11-13-14)16(6-2,7-3)8-4;/h9-13,15H,5-8H2,1-4H3;1H/q+1;/p-1. The summed E-state index contributed by atoms with van der Waals surface area (Å²) in [5.41, 5.74) is 1.50. The molecular weight excluding hydrogens is 230 g/mol. The van der Waals surface area contributed by atoms with Crippen LogP contribution in [0.15, 0.2) is 30.3 Å². The molecule has 0 saturated heterocycles. The molecule has 0 spiro atoms. The van der Waals surface area contributed by atoms with Crippen LogP contribution in [-0.4, -0.2) is 24.1 Å². The van der Waals surface area contributed by atoms with Crippen molar-refractivity contribution in [2.75, 3.05) is 19.6 Å². The smallest absolute Gasteiger partial charge is 0.114 e. The summed E-state index contributed by atoms with van der Waals surface area (Å²) >= 11 is 0. The zero-order chi connectivity index (χ0) is 12.0. The molecule has 1 aromatic rings. The lowest BCUT2D eigenvalue weighted by Gasteiger charge is -2.43. The fraction of sp³-hybridized carbons (Fsp3) is 0.600. The number of hydrogen-bond acceptors (Lipinski definition) is 0. The van der Waals surface area contributed by atoms with Crippen LogP contribution in [0, 0.1) is 0 Å². The summed E-state index contributed by atoms with van der Waals surface area (Å²) in [6.45, 7) is 12.9. The van der Waals surface area contributed by atoms with E-state index in [9.17, 15) is 0 Å². The van der Waals surface area contributed by atoms with E-state index in [0.717, 1.165) is 0 Å². The van der Waals surface area contributed by atoms with Crippen LogP contribution < -0.4 is 12.4 Å². The van der Waals surface area contributed by atoms with Crippen molar-refractivity contribution in [3.8, 4) is 0 Å². The van der Waals surface area contributed by atoms with Crippen molar-refractivity contribution in [3.05, 3.63) is 35.9 Å². The van der Waals surface area contributed by atoms with Gasteiger partial charge in [-0.3, -0.25) is 0 Å². The van der Waals surface area contributed by atoms with E-state index in [2.05, 4.69) is 58.0 Å². The van der Waals surface area contributed by atoms with Gasteiger partial charge in [-0.05, 0) is 20.8 Å². The monoisotopic (exact) mass is 255 g/mol. The lowest BCUT2D eigenvalue weighted by Crippen LogP contribution is -3.00. The summed E-state index contributed by atoms with van der Waals surface area (Å²) in [5.74, 6) is 0. The fourth-order valence-corrected chi connectivity index (χ4v) is 2.95. The molecule has 0 radical (unpaired) electrons. The van der Waals surface area contributed by atoms with E-state index in [-0.39, 0.29) is 12.4 Å². The molecule has 0 bridgehead atoms. The minimum atomic E-state index is 0. The van der Waals surface area contributed by atoms with Gasteiger partial charge in [0.2, 0.25) is 0 Å². The maximum atomic E-state index is 2.32. The second-order valence-electron chi connectivity index (χ2n) is 4.50. The van der Waals surface area contributed by atoms with Crippen LogP contribution in [0.25, 0.3) is 0 Å². The lowest BCUT2D eigenvalue weighted by atomic mass is 9.99. The van der Waals surface area contributed by atoms with E-state index < -0.39 is 0 Å². The highest BCUT2D eigenvalue weighted by molar-refractivity contribution is 5.17. The number of rotatable bonds is 6. The molecule has 98 valence electrons. The second-order valence-corrected chi connectivity index (χ2v) is 4.50. The van der Waals surface area contributed by atoms with Crippen molar-refractivity contribution in [2.45, 2.75) is 40.2 Å². The fourth-order valence-electron chi connectivity index (χ4n) is 2.95. The molecule has 1 nitrogen and oxygen atoms in total. The Morgan fingerprint density at radius 1 is 0.882 bits per heavy atom. The first-order valence-electron chi connectivity index (χ1n) is 6.64. The zero-order valence-electron chi connectivity index (χ0n) is 11.6. The molecule has 0 aliphatic rings. The summed E-state index contributed by atoms with van der Waals surface area (Å²) in [6.07, 6.45) is 1.22. The second kappa shape index (κ2) is 7.73. The Bertz CT molecular complexity index is 285. The summed E-state index contributed by atoms with van der Waals surface area (Å²) in [5, 5.41) is 0. The van der Waals surface area contributed by atoms with Gasteiger partial charge in [-0.1, -0.05) is 37.3 Å². The normalized spacial score (nSPS) is 12.9. The van der Waals surface area contributed by atoms with E-state index in [0.29, 0.717) is 6.04 Å². The molecule has 1 atom stereocenters. The van der Waals surface area contributed by atoms with Crippen LogP contribution >= 0.6 is 0 Å². The molecule has 0 amide bonds. The molecule has 1 unspecified atom stereocenters. The minimum absolute atomic E-state index is 0. The Balaban J connectivity index is 0.00000256. The van der Waals surface area contributed by atoms with Crippen LogP contribution in [0.5, 0.6) is 0 Å². The number of quaternary nitrogens is 1. The molecule has 1 aromatic carbocycles. The van der Waals surface area contributed by atoms with Gasteiger partial charge in [0.15, 0.2) is 0 Å². The maximum absolute atomic E-state index is 2.32. The first-order valence-corrected chi connectivity index (χ1v) is 6.64. The van der Waals surface area contributed by atoms with E-state index >= 15 is 0 Å². The van der Waals surface area contributed by atoms with Gasteiger partial charge in [0.1, 0.15) is 6.04 Å². The number of hydrogen-bond donors (Lipinski definition) is 0. The van der Waals surface area contributed by atoms with Crippen LogP contribution in [0.2, 0.25) is 0 Å². The Hall–Kier alpha value is -0.530. The molecular formula is C15H26ClN. The molecule has 0 fully saturated rings. The Morgan fingerprint density at radius 2 is 1.35 bits per heavy atom. The topological polar surface area (TPSA) is 0 Å². The van der Waals surface area contributed by atoms with Gasteiger partial charge in [0, 0.05) is 12.0 Å². The predicted octanol–water partition coefficient (Wildman–Crippen LogP) is 1.02. The number of benzene rings is 1. The average Bonchev–Trinajstić information content (AvgIpc) is 2.37. The summed E-state index contributed by atoms with van der Waals surface area (Å²) < 4.78 is 1.21. The highest BCUT2D eigenvalue weighted by Crippen LogP contribution is 2.31. The molecule has 0 aliphatic heterocycles. The largest absolute Gasteiger partial charge is 1.00 e. The molecule has 0 N–H and O–H groups in total. The van der Waals surface area contributed by atoms with Gasteiger partial charge in [-0.2, -0.15) is 0 Å². The highest BCUT2D eigenvalue weighted by atomic mass is 35.5. The quantitative estimate of drug-likeness (QED) is 0.666. The SMILES string of the molecule is CCC(c1ccccc1)[N+](CC)(CC)CC.[Cl-]. The third kappa shape index (κ3) is 3.46. The maximum Gasteiger partial charge on any atom is 0.114 e. The first-order chi connectivity index (χ1) is 7.74. The lowest BCUT2D eigenvalue weighted by molar-refractivity contribution is -0.952. The van der Waals surface area contributed by atoms with Crippen LogP contribution in [0.3, 0.4) is 0 Å². The summed E-state index contributed by atoms with van der Waals surface area (Å²) in [4.78, 5) is 0. The highest BCUT2D eigenvalue weighted by Gasteiger charge is 2.31. The Labute approximate surface area is 113 Å². The third-order valence-electron chi connectivity index (χ3n) is 4.12. The van der Waals surface area contributed by atoms with Gasteiger partial charge in [-0.15, -0.1) is 0 Å². The van der Waals surface area contributed by atoms with Crippen LogP contribution in [0.4, 0.5) is 0 Å². The molecule has 0 aliphatic carbocycles. The van der Waals surface area contributed by atoms with Crippen molar-refractivity contribution < 1.29 is 16.9 Å². The summed E-state index contributed by atoms with van der Waals surface area (Å²) in [7, 11) is 0. The Kier molecular flexibility index (Phi) is 7.49.